The van der Waals surface area contributed by atoms with Crippen molar-refractivity contribution in [3.05, 3.63) is 24.3 Å². The Hall–Kier alpha value is -1.26. The van der Waals surface area contributed by atoms with Gasteiger partial charge in [-0.05, 0) is 32.0 Å². The molecule has 2 unspecified atom stereocenters. The van der Waals surface area contributed by atoms with Crippen molar-refractivity contribution in [2.45, 2.75) is 32.9 Å². The fourth-order valence-corrected chi connectivity index (χ4v) is 3.58. The zero-order chi connectivity index (χ0) is 21.2. The molecule has 0 spiro atoms. The predicted octanol–water partition coefficient (Wildman–Crippen LogP) is 2.52. The lowest BCUT2D eigenvalue weighted by molar-refractivity contribution is 0.0899. The second kappa shape index (κ2) is 13.9. The molecule has 1 aliphatic heterocycles. The number of methoxy groups -OCH3 is 1. The summed E-state index contributed by atoms with van der Waals surface area (Å²) >= 11 is 0. The molecule has 0 amide bonds. The standard InChI is InChI=1S/C22H39N5O2.HI/c1-17(2)19(27-13-11-26(5)12-14-27)16-25-22(23-4)24-15-18(3)29-21-10-8-7-9-20(21)28-6;/h7-10,17-19H,11-16H2,1-6H3,(H2,23,24,25);1H. The number of benzene rings is 1. The quantitative estimate of drug-likeness (QED) is 0.289. The van der Waals surface area contributed by atoms with Crippen LogP contribution in [0.4, 0.5) is 0 Å². The molecule has 0 saturated carbocycles. The summed E-state index contributed by atoms with van der Waals surface area (Å²) in [4.78, 5) is 9.37. The number of hydrogen-bond acceptors (Lipinski definition) is 5. The van der Waals surface area contributed by atoms with Gasteiger partial charge in [-0.15, -0.1) is 24.0 Å². The summed E-state index contributed by atoms with van der Waals surface area (Å²) in [5.74, 6) is 2.88. The van der Waals surface area contributed by atoms with Crippen molar-refractivity contribution >= 4 is 29.9 Å². The van der Waals surface area contributed by atoms with Crippen molar-refractivity contribution < 1.29 is 9.47 Å². The van der Waals surface area contributed by atoms with Gasteiger partial charge in [0, 0.05) is 45.8 Å². The maximum absolute atomic E-state index is 6.02. The maximum atomic E-state index is 6.02. The van der Waals surface area contributed by atoms with Crippen LogP contribution < -0.4 is 20.1 Å². The largest absolute Gasteiger partial charge is 0.493 e. The molecular weight excluding hydrogens is 493 g/mol. The van der Waals surface area contributed by atoms with Crippen molar-refractivity contribution in [2.24, 2.45) is 10.9 Å². The van der Waals surface area contributed by atoms with Gasteiger partial charge in [0.2, 0.25) is 0 Å². The first-order valence-corrected chi connectivity index (χ1v) is 10.6. The van der Waals surface area contributed by atoms with Crippen molar-refractivity contribution in [2.75, 3.05) is 60.5 Å². The Morgan fingerprint density at radius 2 is 1.63 bits per heavy atom. The first-order chi connectivity index (χ1) is 13.9. The molecule has 1 heterocycles. The van der Waals surface area contributed by atoms with E-state index in [0.29, 0.717) is 18.5 Å². The van der Waals surface area contributed by atoms with Crippen LogP contribution in [0.3, 0.4) is 0 Å². The minimum absolute atomic E-state index is 0. The Bertz CT molecular complexity index is 636. The number of nitrogens with one attached hydrogen (secondary N) is 2. The Labute approximate surface area is 199 Å². The Balaban J connectivity index is 0.00000450. The number of aliphatic imine (C=N–C) groups is 1. The zero-order valence-corrected chi connectivity index (χ0v) is 21.7. The lowest BCUT2D eigenvalue weighted by Gasteiger charge is -2.40. The third-order valence-electron chi connectivity index (χ3n) is 5.43. The normalized spacial score (nSPS) is 17.8. The summed E-state index contributed by atoms with van der Waals surface area (Å²) in [6.07, 6.45) is -0.0247. The van der Waals surface area contributed by atoms with Crippen molar-refractivity contribution in [3.8, 4) is 11.5 Å². The zero-order valence-electron chi connectivity index (χ0n) is 19.4. The monoisotopic (exact) mass is 533 g/mol. The van der Waals surface area contributed by atoms with Gasteiger partial charge in [-0.3, -0.25) is 9.89 Å². The van der Waals surface area contributed by atoms with E-state index in [9.17, 15) is 0 Å². The first-order valence-electron chi connectivity index (χ1n) is 10.6. The maximum Gasteiger partial charge on any atom is 0.191 e. The third-order valence-corrected chi connectivity index (χ3v) is 5.43. The van der Waals surface area contributed by atoms with E-state index in [1.165, 1.54) is 0 Å². The summed E-state index contributed by atoms with van der Waals surface area (Å²) in [5.41, 5.74) is 0. The van der Waals surface area contributed by atoms with Crippen LogP contribution in [0, 0.1) is 5.92 Å². The molecule has 2 atom stereocenters. The molecule has 7 nitrogen and oxygen atoms in total. The highest BCUT2D eigenvalue weighted by Crippen LogP contribution is 2.26. The van der Waals surface area contributed by atoms with E-state index in [1.807, 2.05) is 31.2 Å². The number of hydrogen-bond donors (Lipinski definition) is 2. The van der Waals surface area contributed by atoms with Gasteiger partial charge in [0.15, 0.2) is 17.5 Å². The molecule has 1 saturated heterocycles. The van der Waals surface area contributed by atoms with Crippen LogP contribution in [0.15, 0.2) is 29.3 Å². The van der Waals surface area contributed by atoms with Crippen molar-refractivity contribution in [1.82, 2.24) is 20.4 Å². The van der Waals surface area contributed by atoms with Gasteiger partial charge < -0.3 is 25.0 Å². The van der Waals surface area contributed by atoms with Crippen molar-refractivity contribution in [3.63, 3.8) is 0 Å². The fraction of sp³-hybridized carbons (Fsp3) is 0.682. The number of likely N-dealkylation sites (N-methyl/N-ethyl adjacent to an activating group) is 1. The number of rotatable bonds is 9. The molecule has 1 aliphatic rings. The van der Waals surface area contributed by atoms with Crippen LogP contribution in [0.1, 0.15) is 20.8 Å². The minimum atomic E-state index is -0.0247. The summed E-state index contributed by atoms with van der Waals surface area (Å²) in [5, 5.41) is 6.88. The highest BCUT2D eigenvalue weighted by molar-refractivity contribution is 14.0. The Kier molecular flexibility index (Phi) is 12.4. The van der Waals surface area contributed by atoms with E-state index in [2.05, 4.69) is 46.3 Å². The van der Waals surface area contributed by atoms with Crippen molar-refractivity contribution in [1.29, 1.82) is 0 Å². The highest BCUT2D eigenvalue weighted by atomic mass is 127. The van der Waals surface area contributed by atoms with E-state index < -0.39 is 0 Å². The van der Waals surface area contributed by atoms with Crippen LogP contribution in [-0.2, 0) is 0 Å². The summed E-state index contributed by atoms with van der Waals surface area (Å²) in [6, 6.07) is 8.20. The molecule has 1 aromatic rings. The molecule has 0 bridgehead atoms. The topological polar surface area (TPSA) is 61.4 Å². The van der Waals surface area contributed by atoms with E-state index in [-0.39, 0.29) is 30.1 Å². The van der Waals surface area contributed by atoms with E-state index >= 15 is 0 Å². The summed E-state index contributed by atoms with van der Waals surface area (Å²) in [6.45, 7) is 12.7. The lowest BCUT2D eigenvalue weighted by atomic mass is 10.0. The molecule has 0 radical (unpaired) electrons. The number of ether oxygens (including phenoxy) is 2. The van der Waals surface area contributed by atoms with Gasteiger partial charge in [0.25, 0.3) is 0 Å². The smallest absolute Gasteiger partial charge is 0.191 e. The van der Waals surface area contributed by atoms with Gasteiger partial charge in [0.1, 0.15) is 6.10 Å². The number of halogens is 1. The molecule has 2 rings (SSSR count). The molecular formula is C22H40IN5O2. The number of nitrogens with zero attached hydrogens (tertiary/aromatic N) is 3. The SMILES string of the molecule is CN=C(NCC(C)Oc1ccccc1OC)NCC(C(C)C)N1CCN(C)CC1.I. The van der Waals surface area contributed by atoms with Crippen LogP contribution >= 0.6 is 24.0 Å². The van der Waals surface area contributed by atoms with Crippen LogP contribution in [0.25, 0.3) is 0 Å². The van der Waals surface area contributed by atoms with E-state index in [0.717, 1.165) is 50.2 Å². The highest BCUT2D eigenvalue weighted by Gasteiger charge is 2.25. The van der Waals surface area contributed by atoms with Gasteiger partial charge in [-0.1, -0.05) is 26.0 Å². The van der Waals surface area contributed by atoms with Crippen LogP contribution in [0.2, 0.25) is 0 Å². The fourth-order valence-electron chi connectivity index (χ4n) is 3.58. The summed E-state index contributed by atoms with van der Waals surface area (Å²) in [7, 11) is 5.66. The molecule has 172 valence electrons. The van der Waals surface area contributed by atoms with Gasteiger partial charge in [-0.25, -0.2) is 0 Å². The van der Waals surface area contributed by atoms with Gasteiger partial charge in [-0.2, -0.15) is 0 Å². The second-order valence-electron chi connectivity index (χ2n) is 8.06. The molecule has 30 heavy (non-hydrogen) atoms. The molecule has 0 aliphatic carbocycles. The third kappa shape index (κ3) is 8.47. The number of para-hydroxylation sites is 2. The molecule has 2 N–H and O–H groups in total. The van der Waals surface area contributed by atoms with E-state index in [4.69, 9.17) is 9.47 Å². The second-order valence-corrected chi connectivity index (χ2v) is 8.06. The lowest BCUT2D eigenvalue weighted by Crippen LogP contribution is -2.55. The average Bonchev–Trinajstić information content (AvgIpc) is 2.71. The average molecular weight is 533 g/mol. The number of piperazine rings is 1. The number of guanidine groups is 1. The van der Waals surface area contributed by atoms with E-state index in [1.54, 1.807) is 14.2 Å². The Morgan fingerprint density at radius 1 is 1.03 bits per heavy atom. The molecule has 1 aromatic carbocycles. The molecule has 8 heteroatoms. The van der Waals surface area contributed by atoms with Crippen LogP contribution in [0.5, 0.6) is 11.5 Å². The first kappa shape index (κ1) is 26.8. The Morgan fingerprint density at radius 3 is 2.20 bits per heavy atom. The minimum Gasteiger partial charge on any atom is -0.493 e. The molecule has 1 fully saturated rings. The van der Waals surface area contributed by atoms with Gasteiger partial charge >= 0.3 is 0 Å². The van der Waals surface area contributed by atoms with Gasteiger partial charge in [0.05, 0.1) is 13.7 Å². The summed E-state index contributed by atoms with van der Waals surface area (Å²) < 4.78 is 11.4. The predicted molar refractivity (Wildman–Crippen MR) is 136 cm³/mol. The van der Waals surface area contributed by atoms with Crippen LogP contribution in [-0.4, -0.2) is 88.4 Å². The molecule has 0 aromatic heterocycles.